The molecule has 0 saturated carbocycles. The van der Waals surface area contributed by atoms with E-state index >= 15 is 0 Å². The van der Waals surface area contributed by atoms with Crippen LogP contribution < -0.4 is 0 Å². The van der Waals surface area contributed by atoms with Gasteiger partial charge in [0.2, 0.25) is 0 Å². The molecule has 0 unspecified atom stereocenters. The van der Waals surface area contributed by atoms with Crippen LogP contribution >= 0.6 is 0 Å². The number of ether oxygens (including phenoxy) is 1. The van der Waals surface area contributed by atoms with Gasteiger partial charge in [-0.05, 0) is 17.7 Å². The van der Waals surface area contributed by atoms with Crippen LogP contribution in [0.25, 0.3) is 11.0 Å². The number of aromatic nitrogens is 2. The molecule has 2 heterocycles. The van der Waals surface area contributed by atoms with Crippen molar-refractivity contribution in [1.29, 1.82) is 5.26 Å². The molecule has 1 aliphatic heterocycles. The Hall–Kier alpha value is -1.86. The summed E-state index contributed by atoms with van der Waals surface area (Å²) in [5, 5.41) is 9.16. The van der Waals surface area contributed by atoms with Crippen LogP contribution in [0.3, 0.4) is 0 Å². The molecule has 74 valence electrons. The van der Waals surface area contributed by atoms with Crippen LogP contribution in [0.5, 0.6) is 0 Å². The van der Waals surface area contributed by atoms with Gasteiger partial charge in [-0.2, -0.15) is 5.26 Å². The number of nitrogens with one attached hydrogen (secondary N) is 1. The number of fused-ring (bicyclic) bond motifs is 1. The van der Waals surface area contributed by atoms with Crippen molar-refractivity contribution >= 4 is 11.0 Å². The largest absolute Gasteiger partial charge is 0.377 e. The first-order chi connectivity index (χ1) is 7.34. The maximum Gasteiger partial charge on any atom is 0.129 e. The highest BCUT2D eigenvalue weighted by Gasteiger charge is 2.40. The van der Waals surface area contributed by atoms with Gasteiger partial charge in [0.1, 0.15) is 5.41 Å². The lowest BCUT2D eigenvalue weighted by molar-refractivity contribution is -0.0297. The summed E-state index contributed by atoms with van der Waals surface area (Å²) in [5.41, 5.74) is 2.45. The lowest BCUT2D eigenvalue weighted by Crippen LogP contribution is -2.45. The minimum Gasteiger partial charge on any atom is -0.377 e. The molecule has 4 heteroatoms. The molecule has 15 heavy (non-hydrogen) atoms. The van der Waals surface area contributed by atoms with E-state index in [2.05, 4.69) is 16.0 Å². The van der Waals surface area contributed by atoms with E-state index in [-0.39, 0.29) is 0 Å². The second-order valence-electron chi connectivity index (χ2n) is 3.82. The molecular weight excluding hydrogens is 190 g/mol. The van der Waals surface area contributed by atoms with E-state index in [1.165, 1.54) is 0 Å². The van der Waals surface area contributed by atoms with E-state index < -0.39 is 5.41 Å². The fraction of sp³-hybridized carbons (Fsp3) is 0.273. The number of benzene rings is 1. The summed E-state index contributed by atoms with van der Waals surface area (Å²) in [5.74, 6) is 0. The maximum absolute atomic E-state index is 9.16. The molecule has 1 saturated heterocycles. The quantitative estimate of drug-likeness (QED) is 0.754. The second-order valence-corrected chi connectivity index (χ2v) is 3.82. The number of aromatic amines is 1. The highest BCUT2D eigenvalue weighted by Crippen LogP contribution is 2.32. The molecule has 0 aliphatic carbocycles. The first kappa shape index (κ1) is 8.45. The van der Waals surface area contributed by atoms with Gasteiger partial charge in [0, 0.05) is 0 Å². The van der Waals surface area contributed by atoms with Gasteiger partial charge in [0.05, 0.1) is 36.6 Å². The lowest BCUT2D eigenvalue weighted by Gasteiger charge is -2.35. The van der Waals surface area contributed by atoms with E-state index in [0.717, 1.165) is 16.6 Å². The normalized spacial score (nSPS) is 18.3. The molecule has 1 aliphatic rings. The second kappa shape index (κ2) is 2.81. The summed E-state index contributed by atoms with van der Waals surface area (Å²) < 4.78 is 5.13. The summed E-state index contributed by atoms with van der Waals surface area (Å²) in [7, 11) is 0. The Morgan fingerprint density at radius 1 is 1.47 bits per heavy atom. The van der Waals surface area contributed by atoms with E-state index in [1.807, 2.05) is 18.2 Å². The Morgan fingerprint density at radius 2 is 2.33 bits per heavy atom. The van der Waals surface area contributed by atoms with Crippen molar-refractivity contribution in [1.82, 2.24) is 9.97 Å². The van der Waals surface area contributed by atoms with Crippen molar-refractivity contribution in [2.24, 2.45) is 0 Å². The summed E-state index contributed by atoms with van der Waals surface area (Å²) in [6.07, 6.45) is 1.66. The Labute approximate surface area is 86.5 Å². The van der Waals surface area contributed by atoms with Crippen molar-refractivity contribution in [3.05, 3.63) is 30.1 Å². The van der Waals surface area contributed by atoms with E-state index in [0.29, 0.717) is 13.2 Å². The molecule has 1 aromatic heterocycles. The highest BCUT2D eigenvalue weighted by molar-refractivity contribution is 5.75. The zero-order chi connectivity index (χ0) is 10.3. The molecule has 2 aromatic rings. The molecule has 0 amide bonds. The van der Waals surface area contributed by atoms with Gasteiger partial charge < -0.3 is 9.72 Å². The molecule has 0 radical (unpaired) electrons. The minimum atomic E-state index is -0.445. The van der Waals surface area contributed by atoms with E-state index in [4.69, 9.17) is 10.00 Å². The number of imidazole rings is 1. The van der Waals surface area contributed by atoms with E-state index in [9.17, 15) is 0 Å². The zero-order valence-electron chi connectivity index (χ0n) is 8.03. The SMILES string of the molecule is N#CC1(c2ccc3nc[nH]c3c2)COC1. The van der Waals surface area contributed by atoms with Crippen molar-refractivity contribution in [2.75, 3.05) is 13.2 Å². The van der Waals surface area contributed by atoms with Crippen molar-refractivity contribution < 1.29 is 4.74 Å². The molecule has 4 nitrogen and oxygen atoms in total. The molecule has 1 N–H and O–H groups in total. The van der Waals surface area contributed by atoms with Crippen LogP contribution in [-0.2, 0) is 10.2 Å². The third-order valence-corrected chi connectivity index (χ3v) is 2.88. The van der Waals surface area contributed by atoms with E-state index in [1.54, 1.807) is 6.33 Å². The maximum atomic E-state index is 9.16. The van der Waals surface area contributed by atoms with Gasteiger partial charge in [-0.3, -0.25) is 0 Å². The Bertz CT molecular complexity index is 548. The average molecular weight is 199 g/mol. The summed E-state index contributed by atoms with van der Waals surface area (Å²) in [6, 6.07) is 8.19. The number of nitrogens with zero attached hydrogens (tertiary/aromatic N) is 2. The van der Waals surface area contributed by atoms with Crippen molar-refractivity contribution in [3.8, 4) is 6.07 Å². The molecule has 3 rings (SSSR count). The van der Waals surface area contributed by atoms with Crippen molar-refractivity contribution in [3.63, 3.8) is 0 Å². The summed E-state index contributed by atoms with van der Waals surface area (Å²) >= 11 is 0. The number of rotatable bonds is 1. The van der Waals surface area contributed by atoms with Gasteiger partial charge in [0.25, 0.3) is 0 Å². The van der Waals surface area contributed by atoms with Crippen LogP contribution in [0.15, 0.2) is 24.5 Å². The van der Waals surface area contributed by atoms with Crippen LogP contribution in [0.1, 0.15) is 5.56 Å². The molecule has 0 spiro atoms. The highest BCUT2D eigenvalue weighted by atomic mass is 16.5. The van der Waals surface area contributed by atoms with Crippen LogP contribution in [0.2, 0.25) is 0 Å². The summed E-state index contributed by atoms with van der Waals surface area (Å²) in [6.45, 7) is 0.978. The zero-order valence-corrected chi connectivity index (χ0v) is 8.03. The van der Waals surface area contributed by atoms with Crippen molar-refractivity contribution in [2.45, 2.75) is 5.41 Å². The predicted molar refractivity (Wildman–Crippen MR) is 54.2 cm³/mol. The standard InChI is InChI=1S/C11H9N3O/c12-4-11(5-15-6-11)8-1-2-9-10(3-8)14-7-13-9/h1-3,7H,5-6H2,(H,13,14). The molecule has 1 fully saturated rings. The van der Waals surface area contributed by atoms with Crippen LogP contribution in [-0.4, -0.2) is 23.2 Å². The average Bonchev–Trinajstić information content (AvgIpc) is 2.64. The number of hydrogen-bond donors (Lipinski definition) is 1. The van der Waals surface area contributed by atoms with Gasteiger partial charge >= 0.3 is 0 Å². The van der Waals surface area contributed by atoms with Gasteiger partial charge in [-0.25, -0.2) is 4.98 Å². The molecule has 0 atom stereocenters. The number of hydrogen-bond acceptors (Lipinski definition) is 3. The summed E-state index contributed by atoms with van der Waals surface area (Å²) in [4.78, 5) is 7.18. The van der Waals surface area contributed by atoms with Gasteiger partial charge in [-0.15, -0.1) is 0 Å². The van der Waals surface area contributed by atoms with Crippen LogP contribution in [0, 0.1) is 11.3 Å². The topological polar surface area (TPSA) is 61.7 Å². The first-order valence-corrected chi connectivity index (χ1v) is 4.77. The first-order valence-electron chi connectivity index (χ1n) is 4.77. The number of H-pyrrole nitrogens is 1. The third-order valence-electron chi connectivity index (χ3n) is 2.88. The Morgan fingerprint density at radius 3 is 3.00 bits per heavy atom. The molecular formula is C11H9N3O. The predicted octanol–water partition coefficient (Wildman–Crippen LogP) is 1.35. The smallest absolute Gasteiger partial charge is 0.129 e. The molecule has 0 bridgehead atoms. The third kappa shape index (κ3) is 1.07. The molecule has 1 aromatic carbocycles. The lowest BCUT2D eigenvalue weighted by atomic mass is 9.80. The van der Waals surface area contributed by atoms with Crippen LogP contribution in [0.4, 0.5) is 0 Å². The fourth-order valence-electron chi connectivity index (χ4n) is 1.84. The van der Waals surface area contributed by atoms with Gasteiger partial charge in [-0.1, -0.05) is 6.07 Å². The minimum absolute atomic E-state index is 0.445. The fourth-order valence-corrected chi connectivity index (χ4v) is 1.84. The number of nitriles is 1. The monoisotopic (exact) mass is 199 g/mol. The Balaban J connectivity index is 2.15. The van der Waals surface area contributed by atoms with Gasteiger partial charge in [0.15, 0.2) is 0 Å². The Kier molecular flexibility index (Phi) is 1.58.